The molecule has 0 amide bonds. The Labute approximate surface area is 242 Å². The number of rotatable bonds is 8. The molecule has 0 atom stereocenters. The molecule has 0 aliphatic rings. The summed E-state index contributed by atoms with van der Waals surface area (Å²) in [6, 6.07) is 9.97. The molecule has 0 bridgehead atoms. The van der Waals surface area contributed by atoms with Crippen molar-refractivity contribution >= 4 is 74.0 Å². The molecular weight excluding hydrogens is 657 g/mol. The Morgan fingerprint density at radius 3 is 1.67 bits per heavy atom. The SMILES string of the molecule is O=S(=O)([O-])c1ccc(N=Nc2ccc(N=Nc3c([O-])c(S(=O)(=O)O)cc4cc(S(=O)(=O)[O-])ccc34)c(S(=O)(=O)[O-])c2)cc1. The molecule has 0 heterocycles. The van der Waals surface area contributed by atoms with Gasteiger partial charge in [-0.25, -0.2) is 25.3 Å². The predicted molar refractivity (Wildman–Crippen MR) is 138 cm³/mol. The Balaban J connectivity index is 1.81. The van der Waals surface area contributed by atoms with E-state index in [2.05, 4.69) is 20.5 Å². The first-order chi connectivity index (χ1) is 19.7. The molecule has 0 radical (unpaired) electrons. The van der Waals surface area contributed by atoms with Crippen molar-refractivity contribution in [3.63, 3.8) is 0 Å². The summed E-state index contributed by atoms with van der Waals surface area (Å²) in [7, 11) is -20.2. The zero-order valence-electron chi connectivity index (χ0n) is 20.6. The van der Waals surface area contributed by atoms with E-state index in [9.17, 15) is 57.0 Å². The van der Waals surface area contributed by atoms with Crippen molar-refractivity contribution in [2.24, 2.45) is 20.5 Å². The van der Waals surface area contributed by atoms with Crippen LogP contribution < -0.4 is 5.11 Å². The van der Waals surface area contributed by atoms with E-state index in [0.717, 1.165) is 54.6 Å². The Morgan fingerprint density at radius 2 is 1.12 bits per heavy atom. The average molecular weight is 669 g/mol. The molecule has 4 rings (SSSR count). The van der Waals surface area contributed by atoms with E-state index in [1.807, 2.05) is 0 Å². The van der Waals surface area contributed by atoms with Crippen molar-refractivity contribution in [1.29, 1.82) is 0 Å². The maximum atomic E-state index is 12.8. The van der Waals surface area contributed by atoms with Crippen molar-refractivity contribution in [1.82, 2.24) is 0 Å². The Morgan fingerprint density at radius 1 is 0.558 bits per heavy atom. The molecule has 21 heteroatoms. The molecule has 0 aromatic heterocycles. The van der Waals surface area contributed by atoms with E-state index < -0.39 is 77.2 Å². The quantitative estimate of drug-likeness (QED) is 0.209. The third kappa shape index (κ3) is 7.23. The molecule has 0 unspecified atom stereocenters. The fourth-order valence-electron chi connectivity index (χ4n) is 3.51. The van der Waals surface area contributed by atoms with Crippen LogP contribution in [0.3, 0.4) is 0 Å². The fourth-order valence-corrected chi connectivity index (χ4v) is 5.73. The van der Waals surface area contributed by atoms with Gasteiger partial charge in [0.1, 0.15) is 36.0 Å². The maximum absolute atomic E-state index is 12.8. The molecule has 0 aliphatic carbocycles. The lowest BCUT2D eigenvalue weighted by Gasteiger charge is -2.17. The summed E-state index contributed by atoms with van der Waals surface area (Å²) in [6.45, 7) is 0. The van der Waals surface area contributed by atoms with Gasteiger partial charge in [0, 0.05) is 5.39 Å². The Kier molecular flexibility index (Phi) is 8.20. The minimum absolute atomic E-state index is 0.0456. The zero-order valence-corrected chi connectivity index (χ0v) is 23.9. The molecule has 4 aromatic carbocycles. The van der Waals surface area contributed by atoms with Crippen LogP contribution in [0.2, 0.25) is 0 Å². The monoisotopic (exact) mass is 668 g/mol. The molecule has 0 fully saturated rings. The zero-order chi connectivity index (χ0) is 32.0. The van der Waals surface area contributed by atoms with Gasteiger partial charge in [0.05, 0.1) is 36.6 Å². The van der Waals surface area contributed by atoms with E-state index in [1.165, 1.54) is 0 Å². The number of nitrogens with zero attached hydrogens (tertiary/aromatic N) is 4. The number of hydrogen-bond acceptors (Lipinski definition) is 16. The van der Waals surface area contributed by atoms with Gasteiger partial charge in [-0.2, -0.15) is 23.8 Å². The first-order valence-corrected chi connectivity index (χ1v) is 16.6. The van der Waals surface area contributed by atoms with Crippen molar-refractivity contribution in [2.45, 2.75) is 19.6 Å². The second-order valence-corrected chi connectivity index (χ2v) is 13.8. The van der Waals surface area contributed by atoms with Crippen molar-refractivity contribution in [3.05, 3.63) is 66.7 Å². The molecule has 0 saturated carbocycles. The number of fused-ring (bicyclic) bond motifs is 1. The Bertz CT molecular complexity index is 2290. The van der Waals surface area contributed by atoms with Gasteiger partial charge in [-0.05, 0) is 66.0 Å². The second-order valence-electron chi connectivity index (χ2n) is 8.32. The van der Waals surface area contributed by atoms with Gasteiger partial charge in [-0.15, -0.1) is 5.11 Å². The lowest BCUT2D eigenvalue weighted by Crippen LogP contribution is -2.05. The van der Waals surface area contributed by atoms with Crippen LogP contribution in [0, 0.1) is 0 Å². The largest absolute Gasteiger partial charge is 0.870 e. The fraction of sp³-hybridized carbons (Fsp3) is 0. The van der Waals surface area contributed by atoms with Gasteiger partial charge < -0.3 is 18.8 Å². The first kappa shape index (κ1) is 31.7. The van der Waals surface area contributed by atoms with E-state index in [0.29, 0.717) is 12.1 Å². The van der Waals surface area contributed by atoms with E-state index in [-0.39, 0.29) is 22.1 Å². The highest BCUT2D eigenvalue weighted by molar-refractivity contribution is 7.86. The van der Waals surface area contributed by atoms with Gasteiger partial charge in [-0.1, -0.05) is 11.8 Å². The van der Waals surface area contributed by atoms with Gasteiger partial charge in [0.15, 0.2) is 0 Å². The van der Waals surface area contributed by atoms with Crippen LogP contribution in [0.5, 0.6) is 5.75 Å². The predicted octanol–water partition coefficient (Wildman–Crippen LogP) is 2.70. The van der Waals surface area contributed by atoms with Crippen molar-refractivity contribution < 1.29 is 57.0 Å². The molecule has 0 aliphatic heterocycles. The molecular formula is C22H12N4O13S4-4. The van der Waals surface area contributed by atoms with Crippen LogP contribution in [0.1, 0.15) is 0 Å². The summed E-state index contributed by atoms with van der Waals surface area (Å²) in [5.74, 6) is -1.43. The molecule has 0 spiro atoms. The standard InChI is InChI=1S/C22H16N4O13S4/c27-22-20(43(37,38)39)10-12-9-16(41(31,32)33)6-7-17(12)21(22)26-25-18-8-3-14(11-19(18)42(34,35)36)24-23-13-1-4-15(5-2-13)40(28,29)30/h1-11,27H,(H,28,29,30)(H,31,32,33)(H,34,35,36)(H,37,38,39)/p-4. The second kappa shape index (κ2) is 11.1. The van der Waals surface area contributed by atoms with Gasteiger partial charge in [0.2, 0.25) is 0 Å². The lowest BCUT2D eigenvalue weighted by atomic mass is 10.1. The number of benzene rings is 4. The molecule has 1 N–H and O–H groups in total. The third-order valence-electron chi connectivity index (χ3n) is 5.45. The van der Waals surface area contributed by atoms with Gasteiger partial charge in [0.25, 0.3) is 10.1 Å². The molecule has 43 heavy (non-hydrogen) atoms. The van der Waals surface area contributed by atoms with Crippen molar-refractivity contribution in [2.75, 3.05) is 0 Å². The lowest BCUT2D eigenvalue weighted by molar-refractivity contribution is -0.271. The smallest absolute Gasteiger partial charge is 0.293 e. The highest BCUT2D eigenvalue weighted by Crippen LogP contribution is 2.41. The van der Waals surface area contributed by atoms with Crippen LogP contribution in [-0.2, 0) is 40.5 Å². The van der Waals surface area contributed by atoms with Crippen LogP contribution in [-0.4, -0.2) is 51.9 Å². The molecule has 4 aromatic rings. The topological polar surface area (TPSA) is 298 Å². The van der Waals surface area contributed by atoms with E-state index in [4.69, 9.17) is 0 Å². The summed E-state index contributed by atoms with van der Waals surface area (Å²) < 4.78 is 136. The van der Waals surface area contributed by atoms with Gasteiger partial charge >= 0.3 is 0 Å². The van der Waals surface area contributed by atoms with Crippen molar-refractivity contribution in [3.8, 4) is 5.75 Å². The summed E-state index contributed by atoms with van der Waals surface area (Å²) in [5, 5.41) is 26.9. The first-order valence-electron chi connectivity index (χ1n) is 11.0. The Hall–Kier alpha value is -4.22. The summed E-state index contributed by atoms with van der Waals surface area (Å²) >= 11 is 0. The van der Waals surface area contributed by atoms with Crippen LogP contribution in [0.25, 0.3) is 10.8 Å². The highest BCUT2D eigenvalue weighted by atomic mass is 32.2. The maximum Gasteiger partial charge on any atom is 0.293 e. The number of azo groups is 2. The van der Waals surface area contributed by atoms with Gasteiger partial charge in [-0.3, -0.25) is 4.55 Å². The molecule has 0 saturated heterocycles. The van der Waals surface area contributed by atoms with E-state index >= 15 is 0 Å². The van der Waals surface area contributed by atoms with Crippen LogP contribution >= 0.6 is 0 Å². The highest BCUT2D eigenvalue weighted by Gasteiger charge is 2.18. The normalized spacial score (nSPS) is 13.3. The average Bonchev–Trinajstić information content (AvgIpc) is 2.89. The minimum atomic E-state index is -5.29. The minimum Gasteiger partial charge on any atom is -0.870 e. The summed E-state index contributed by atoms with van der Waals surface area (Å²) in [5.41, 5.74) is -1.64. The molecule has 226 valence electrons. The summed E-state index contributed by atoms with van der Waals surface area (Å²) in [4.78, 5) is -3.61. The summed E-state index contributed by atoms with van der Waals surface area (Å²) in [6.07, 6.45) is 0. The third-order valence-corrected chi connectivity index (χ3v) is 8.85. The van der Waals surface area contributed by atoms with Crippen LogP contribution in [0.15, 0.2) is 107 Å². The van der Waals surface area contributed by atoms with Crippen LogP contribution in [0.4, 0.5) is 22.7 Å². The van der Waals surface area contributed by atoms with E-state index in [1.54, 1.807) is 0 Å². The number of hydrogen-bond donors (Lipinski definition) is 1. The molecule has 17 nitrogen and oxygen atoms in total.